The molecule has 1 aromatic carbocycles. The Kier molecular flexibility index (Phi) is 5.28. The molecule has 80 valence electrons. The minimum atomic E-state index is 0.481. The van der Waals surface area contributed by atoms with Crippen molar-refractivity contribution >= 4 is 11.8 Å². The molecule has 0 saturated heterocycles. The molecule has 0 saturated carbocycles. The first-order chi connectivity index (χ1) is 7.27. The van der Waals surface area contributed by atoms with Gasteiger partial charge in [0.05, 0.1) is 6.07 Å². The van der Waals surface area contributed by atoms with Crippen LogP contribution in [-0.4, -0.2) is 5.25 Å². The van der Waals surface area contributed by atoms with Crippen molar-refractivity contribution in [3.63, 3.8) is 0 Å². The van der Waals surface area contributed by atoms with E-state index in [9.17, 15) is 0 Å². The molecule has 0 aliphatic heterocycles. The van der Waals surface area contributed by atoms with E-state index in [1.807, 2.05) is 11.8 Å². The van der Waals surface area contributed by atoms with Crippen molar-refractivity contribution < 1.29 is 0 Å². The minimum Gasteiger partial charge on any atom is -0.198 e. The lowest BCUT2D eigenvalue weighted by atomic mass is 10.1. The Morgan fingerprint density at radius 2 is 2.13 bits per heavy atom. The van der Waals surface area contributed by atoms with Gasteiger partial charge in [0.2, 0.25) is 0 Å². The summed E-state index contributed by atoms with van der Waals surface area (Å²) in [4.78, 5) is 0. The summed E-state index contributed by atoms with van der Waals surface area (Å²) in [5.41, 5.74) is 2.73. The Bertz CT molecular complexity index is 341. The van der Waals surface area contributed by atoms with Gasteiger partial charge in [0.15, 0.2) is 0 Å². The maximum Gasteiger partial charge on any atom is 0.0633 e. The fraction of sp³-hybridized carbons (Fsp3) is 0.462. The number of nitrogens with zero attached hydrogens (tertiary/aromatic N) is 1. The third kappa shape index (κ3) is 3.97. The largest absolute Gasteiger partial charge is 0.198 e. The molecule has 1 rings (SSSR count). The van der Waals surface area contributed by atoms with Crippen molar-refractivity contribution in [1.82, 2.24) is 0 Å². The third-order valence-electron chi connectivity index (χ3n) is 2.51. The van der Waals surface area contributed by atoms with Crippen molar-refractivity contribution in [2.45, 2.75) is 37.7 Å². The van der Waals surface area contributed by atoms with E-state index in [0.29, 0.717) is 11.7 Å². The van der Waals surface area contributed by atoms with E-state index in [0.717, 1.165) is 12.2 Å². The average Bonchev–Trinajstić information content (AvgIpc) is 2.26. The van der Waals surface area contributed by atoms with Gasteiger partial charge < -0.3 is 0 Å². The highest BCUT2D eigenvalue weighted by atomic mass is 32.2. The van der Waals surface area contributed by atoms with Gasteiger partial charge in [-0.15, -0.1) is 0 Å². The van der Waals surface area contributed by atoms with E-state index in [4.69, 9.17) is 5.26 Å². The highest BCUT2D eigenvalue weighted by Crippen LogP contribution is 2.23. The summed E-state index contributed by atoms with van der Waals surface area (Å²) in [6, 6.07) is 10.7. The first-order valence-corrected chi connectivity index (χ1v) is 6.35. The van der Waals surface area contributed by atoms with E-state index >= 15 is 0 Å². The van der Waals surface area contributed by atoms with E-state index in [1.54, 1.807) is 0 Å². The average molecular weight is 219 g/mol. The van der Waals surface area contributed by atoms with Crippen molar-refractivity contribution in [3.8, 4) is 6.07 Å². The molecular weight excluding hydrogens is 202 g/mol. The number of hydrogen-bond acceptors (Lipinski definition) is 2. The molecular formula is C13H17NS. The lowest BCUT2D eigenvalue weighted by Gasteiger charge is -2.11. The van der Waals surface area contributed by atoms with Gasteiger partial charge in [-0.2, -0.15) is 17.0 Å². The molecule has 0 fully saturated rings. The first kappa shape index (κ1) is 12.1. The summed E-state index contributed by atoms with van der Waals surface area (Å²) >= 11 is 1.89. The predicted molar refractivity (Wildman–Crippen MR) is 66.8 cm³/mol. The molecule has 0 heterocycles. The SMILES string of the molecule is CCC(CC#N)SCc1ccccc1C. The Morgan fingerprint density at radius 3 is 2.73 bits per heavy atom. The fourth-order valence-corrected chi connectivity index (χ4v) is 2.57. The van der Waals surface area contributed by atoms with Gasteiger partial charge in [-0.25, -0.2) is 0 Å². The van der Waals surface area contributed by atoms with E-state index in [2.05, 4.69) is 44.2 Å². The van der Waals surface area contributed by atoms with Crippen LogP contribution in [0.1, 0.15) is 30.9 Å². The summed E-state index contributed by atoms with van der Waals surface area (Å²) in [5.74, 6) is 1.02. The summed E-state index contributed by atoms with van der Waals surface area (Å²) < 4.78 is 0. The van der Waals surface area contributed by atoms with Crippen LogP contribution in [-0.2, 0) is 5.75 Å². The van der Waals surface area contributed by atoms with Gasteiger partial charge in [-0.05, 0) is 24.5 Å². The molecule has 1 atom stereocenters. The van der Waals surface area contributed by atoms with Crippen molar-refractivity contribution in [2.75, 3.05) is 0 Å². The van der Waals surface area contributed by atoms with Gasteiger partial charge in [0, 0.05) is 17.4 Å². The number of benzene rings is 1. The van der Waals surface area contributed by atoms with Crippen LogP contribution in [0, 0.1) is 18.3 Å². The molecule has 2 heteroatoms. The molecule has 0 aromatic heterocycles. The summed E-state index contributed by atoms with van der Waals surface area (Å²) in [6.07, 6.45) is 1.73. The second kappa shape index (κ2) is 6.53. The molecule has 1 unspecified atom stereocenters. The first-order valence-electron chi connectivity index (χ1n) is 5.31. The molecule has 0 radical (unpaired) electrons. The van der Waals surface area contributed by atoms with Gasteiger partial charge in [0.1, 0.15) is 0 Å². The molecule has 0 spiro atoms. The van der Waals surface area contributed by atoms with Crippen LogP contribution in [0.25, 0.3) is 0 Å². The third-order valence-corrected chi connectivity index (χ3v) is 3.96. The van der Waals surface area contributed by atoms with Crippen molar-refractivity contribution in [1.29, 1.82) is 5.26 Å². The van der Waals surface area contributed by atoms with Gasteiger partial charge in [-0.1, -0.05) is 31.2 Å². The number of thioether (sulfide) groups is 1. The zero-order valence-corrected chi connectivity index (χ0v) is 10.2. The Labute approximate surface area is 96.5 Å². The normalized spacial score (nSPS) is 12.1. The minimum absolute atomic E-state index is 0.481. The molecule has 0 aliphatic rings. The second-order valence-corrected chi connectivity index (χ2v) is 4.92. The lowest BCUT2D eigenvalue weighted by Crippen LogP contribution is -2.00. The molecule has 0 amide bonds. The monoisotopic (exact) mass is 219 g/mol. The zero-order chi connectivity index (χ0) is 11.1. The number of rotatable bonds is 5. The fourth-order valence-electron chi connectivity index (χ4n) is 1.40. The Hall–Kier alpha value is -0.940. The molecule has 0 N–H and O–H groups in total. The number of nitriles is 1. The predicted octanol–water partition coefficient (Wildman–Crippen LogP) is 3.92. The van der Waals surface area contributed by atoms with Crippen LogP contribution < -0.4 is 0 Å². The van der Waals surface area contributed by atoms with E-state index < -0.39 is 0 Å². The number of hydrogen-bond donors (Lipinski definition) is 0. The smallest absolute Gasteiger partial charge is 0.0633 e. The van der Waals surface area contributed by atoms with Gasteiger partial charge in [-0.3, -0.25) is 0 Å². The molecule has 1 aromatic rings. The Balaban J connectivity index is 2.49. The number of aryl methyl sites for hydroxylation is 1. The lowest BCUT2D eigenvalue weighted by molar-refractivity contribution is 0.842. The van der Waals surface area contributed by atoms with Crippen molar-refractivity contribution in [2.24, 2.45) is 0 Å². The molecule has 1 nitrogen and oxygen atoms in total. The quantitative estimate of drug-likeness (QED) is 0.749. The summed E-state index contributed by atoms with van der Waals surface area (Å²) in [7, 11) is 0. The highest BCUT2D eigenvalue weighted by Gasteiger charge is 2.07. The summed E-state index contributed by atoms with van der Waals surface area (Å²) in [5, 5.41) is 9.14. The molecule has 0 aliphatic carbocycles. The summed E-state index contributed by atoms with van der Waals surface area (Å²) in [6.45, 7) is 4.29. The maximum atomic E-state index is 8.66. The molecule has 0 bridgehead atoms. The highest BCUT2D eigenvalue weighted by molar-refractivity contribution is 7.99. The van der Waals surface area contributed by atoms with Gasteiger partial charge in [0.25, 0.3) is 0 Å². The Morgan fingerprint density at radius 1 is 1.40 bits per heavy atom. The van der Waals surface area contributed by atoms with E-state index in [1.165, 1.54) is 11.1 Å². The zero-order valence-electron chi connectivity index (χ0n) is 9.36. The van der Waals surface area contributed by atoms with Crippen molar-refractivity contribution in [3.05, 3.63) is 35.4 Å². The topological polar surface area (TPSA) is 23.8 Å². The standard InChI is InChI=1S/C13H17NS/c1-3-13(8-9-14)15-10-12-7-5-4-6-11(12)2/h4-7,13H,3,8,10H2,1-2H3. The van der Waals surface area contributed by atoms with Gasteiger partial charge >= 0.3 is 0 Å². The van der Waals surface area contributed by atoms with Crippen LogP contribution in [0.2, 0.25) is 0 Å². The van der Waals surface area contributed by atoms with Crippen LogP contribution in [0.4, 0.5) is 0 Å². The van der Waals surface area contributed by atoms with E-state index in [-0.39, 0.29) is 0 Å². The maximum absolute atomic E-state index is 8.66. The molecule has 15 heavy (non-hydrogen) atoms. The van der Waals surface area contributed by atoms with Crippen LogP contribution in [0.5, 0.6) is 0 Å². The van der Waals surface area contributed by atoms with Crippen LogP contribution in [0.15, 0.2) is 24.3 Å². The van der Waals surface area contributed by atoms with Crippen LogP contribution >= 0.6 is 11.8 Å². The van der Waals surface area contributed by atoms with Crippen LogP contribution in [0.3, 0.4) is 0 Å². The second-order valence-electron chi connectivity index (χ2n) is 3.63.